The molecule has 2 aromatic carbocycles. The molecule has 2 aromatic rings. The van der Waals surface area contributed by atoms with Gasteiger partial charge in [-0.15, -0.1) is 0 Å². The van der Waals surface area contributed by atoms with Gasteiger partial charge in [-0.1, -0.05) is 35.9 Å². The maximum Gasteiger partial charge on any atom is 0.203 e. The number of carbonyl (C=O) groups excluding carboxylic acids is 1. The van der Waals surface area contributed by atoms with Gasteiger partial charge in [0.2, 0.25) is 5.78 Å². The number of phenols is 1. The van der Waals surface area contributed by atoms with Crippen molar-refractivity contribution in [1.82, 2.24) is 0 Å². The lowest BCUT2D eigenvalue weighted by atomic mass is 10.0. The van der Waals surface area contributed by atoms with Crippen molar-refractivity contribution < 1.29 is 9.90 Å². The number of carbonyl (C=O) groups is 1. The molecule has 1 N–H and O–H groups in total. The zero-order chi connectivity index (χ0) is 14.5. The molecule has 0 heterocycles. The highest BCUT2D eigenvalue weighted by Crippen LogP contribution is 2.17. The summed E-state index contributed by atoms with van der Waals surface area (Å²) in [6.07, 6.45) is 1.48. The number of benzene rings is 2. The van der Waals surface area contributed by atoms with E-state index in [4.69, 9.17) is 5.26 Å². The van der Waals surface area contributed by atoms with Crippen LogP contribution in [0.5, 0.6) is 5.75 Å². The van der Waals surface area contributed by atoms with Crippen LogP contribution in [0.4, 0.5) is 0 Å². The number of aromatic hydroxyl groups is 1. The summed E-state index contributed by atoms with van der Waals surface area (Å²) in [6.45, 7) is 1.89. The zero-order valence-corrected chi connectivity index (χ0v) is 11.0. The molecule has 98 valence electrons. The molecule has 20 heavy (non-hydrogen) atoms. The molecule has 0 amide bonds. The maximum atomic E-state index is 12.3. The molecule has 0 bridgehead atoms. The van der Waals surface area contributed by atoms with E-state index < -0.39 is 0 Å². The Morgan fingerprint density at radius 3 is 2.60 bits per heavy atom. The highest BCUT2D eigenvalue weighted by atomic mass is 16.3. The van der Waals surface area contributed by atoms with Crippen LogP contribution in [0.3, 0.4) is 0 Å². The molecule has 0 fully saturated rings. The first kappa shape index (κ1) is 13.6. The average Bonchev–Trinajstić information content (AvgIpc) is 2.44. The summed E-state index contributed by atoms with van der Waals surface area (Å²) < 4.78 is 0. The van der Waals surface area contributed by atoms with Crippen molar-refractivity contribution in [2.75, 3.05) is 0 Å². The molecule has 0 unspecified atom stereocenters. The fourth-order valence-electron chi connectivity index (χ4n) is 1.87. The zero-order valence-electron chi connectivity index (χ0n) is 11.0. The number of rotatable bonds is 3. The number of phenolic OH excluding ortho intramolecular Hbond substituents is 1. The molecule has 0 aliphatic rings. The Kier molecular flexibility index (Phi) is 3.97. The van der Waals surface area contributed by atoms with E-state index in [2.05, 4.69) is 0 Å². The van der Waals surface area contributed by atoms with Crippen LogP contribution in [0.1, 0.15) is 21.5 Å². The van der Waals surface area contributed by atoms with Crippen LogP contribution in [0.15, 0.2) is 54.1 Å². The number of hydrogen-bond acceptors (Lipinski definition) is 3. The minimum Gasteiger partial charge on any atom is -0.508 e. The SMILES string of the molecule is Cc1cccc(C(=O)C(C#N)=Cc2cccc(O)c2)c1. The van der Waals surface area contributed by atoms with Gasteiger partial charge in [0.25, 0.3) is 0 Å². The molecule has 0 aliphatic heterocycles. The molecule has 0 aromatic heterocycles. The van der Waals surface area contributed by atoms with Gasteiger partial charge in [-0.05, 0) is 36.8 Å². The molecule has 3 heteroatoms. The van der Waals surface area contributed by atoms with Crippen LogP contribution < -0.4 is 0 Å². The minimum atomic E-state index is -0.320. The van der Waals surface area contributed by atoms with E-state index in [1.165, 1.54) is 18.2 Å². The van der Waals surface area contributed by atoms with Crippen molar-refractivity contribution in [3.8, 4) is 11.8 Å². The maximum absolute atomic E-state index is 12.3. The van der Waals surface area contributed by atoms with Crippen molar-refractivity contribution in [2.24, 2.45) is 0 Å². The molecule has 2 rings (SSSR count). The molecule has 3 nitrogen and oxygen atoms in total. The predicted octanol–water partition coefficient (Wildman–Crippen LogP) is 3.49. The first-order valence-electron chi connectivity index (χ1n) is 6.12. The van der Waals surface area contributed by atoms with E-state index in [0.717, 1.165) is 5.56 Å². The lowest BCUT2D eigenvalue weighted by molar-refractivity contribution is 0.104. The number of ketones is 1. The summed E-state index contributed by atoms with van der Waals surface area (Å²) in [4.78, 5) is 12.3. The first-order chi connectivity index (χ1) is 9.60. The number of allylic oxidation sites excluding steroid dienone is 1. The minimum absolute atomic E-state index is 0.0428. The predicted molar refractivity (Wildman–Crippen MR) is 77.2 cm³/mol. The number of aryl methyl sites for hydroxylation is 1. The van der Waals surface area contributed by atoms with Crippen molar-refractivity contribution in [2.45, 2.75) is 6.92 Å². The van der Waals surface area contributed by atoms with Crippen LogP contribution in [-0.4, -0.2) is 10.9 Å². The average molecular weight is 263 g/mol. The molecule has 0 radical (unpaired) electrons. The third-order valence-electron chi connectivity index (χ3n) is 2.83. The van der Waals surface area contributed by atoms with E-state index in [9.17, 15) is 9.90 Å². The number of nitrogens with zero attached hydrogens (tertiary/aromatic N) is 1. The third kappa shape index (κ3) is 3.12. The summed E-state index contributed by atoms with van der Waals surface area (Å²) in [5.74, 6) is -0.224. The molecule has 0 aliphatic carbocycles. The Bertz CT molecular complexity index is 724. The van der Waals surface area contributed by atoms with Gasteiger partial charge in [0.15, 0.2) is 0 Å². The summed E-state index contributed by atoms with van der Waals surface area (Å²) in [7, 11) is 0. The van der Waals surface area contributed by atoms with Gasteiger partial charge in [0.05, 0.1) is 0 Å². The highest BCUT2D eigenvalue weighted by molar-refractivity contribution is 6.14. The molecule has 0 saturated carbocycles. The fraction of sp³-hybridized carbons (Fsp3) is 0.0588. The second-order valence-corrected chi connectivity index (χ2v) is 4.46. The standard InChI is InChI=1S/C17H13NO2/c1-12-4-2-6-14(8-12)17(20)15(11-18)9-13-5-3-7-16(19)10-13/h2-10,19H,1H3. The van der Waals surface area contributed by atoms with Crippen LogP contribution in [0, 0.1) is 18.3 Å². The summed E-state index contributed by atoms with van der Waals surface area (Å²) in [5, 5.41) is 18.5. The second kappa shape index (κ2) is 5.85. The van der Waals surface area contributed by atoms with Crippen molar-refractivity contribution in [3.05, 3.63) is 70.8 Å². The monoisotopic (exact) mass is 263 g/mol. The first-order valence-corrected chi connectivity index (χ1v) is 6.12. The van der Waals surface area contributed by atoms with Gasteiger partial charge < -0.3 is 5.11 Å². The molecular weight excluding hydrogens is 250 g/mol. The molecule has 0 atom stereocenters. The largest absolute Gasteiger partial charge is 0.508 e. The van der Waals surface area contributed by atoms with Gasteiger partial charge in [-0.2, -0.15) is 5.26 Å². The lowest BCUT2D eigenvalue weighted by Gasteiger charge is -2.01. The van der Waals surface area contributed by atoms with Crippen LogP contribution in [-0.2, 0) is 0 Å². The fourth-order valence-corrected chi connectivity index (χ4v) is 1.87. The van der Waals surface area contributed by atoms with Gasteiger partial charge >= 0.3 is 0 Å². The van der Waals surface area contributed by atoms with E-state index in [1.807, 2.05) is 19.1 Å². The van der Waals surface area contributed by atoms with Crippen molar-refractivity contribution in [1.29, 1.82) is 5.26 Å². The topological polar surface area (TPSA) is 61.1 Å². The van der Waals surface area contributed by atoms with E-state index in [-0.39, 0.29) is 17.1 Å². The Hall–Kier alpha value is -2.86. The third-order valence-corrected chi connectivity index (χ3v) is 2.83. The smallest absolute Gasteiger partial charge is 0.203 e. The quantitative estimate of drug-likeness (QED) is 0.524. The summed E-state index contributed by atoms with van der Waals surface area (Å²) in [6, 6.07) is 15.4. The molecule has 0 spiro atoms. The second-order valence-electron chi connectivity index (χ2n) is 4.46. The van der Waals surface area contributed by atoms with Gasteiger partial charge in [-0.25, -0.2) is 0 Å². The van der Waals surface area contributed by atoms with Crippen LogP contribution >= 0.6 is 0 Å². The van der Waals surface area contributed by atoms with E-state index in [1.54, 1.807) is 30.3 Å². The Labute approximate surface area is 117 Å². The number of Topliss-reactive ketones (excluding diaryl/α,β-unsaturated/α-hetero) is 1. The molecule has 0 saturated heterocycles. The Morgan fingerprint density at radius 2 is 1.95 bits per heavy atom. The summed E-state index contributed by atoms with van der Waals surface area (Å²) >= 11 is 0. The normalized spacial score (nSPS) is 10.9. The van der Waals surface area contributed by atoms with Crippen LogP contribution in [0.2, 0.25) is 0 Å². The van der Waals surface area contributed by atoms with Crippen molar-refractivity contribution >= 4 is 11.9 Å². The van der Waals surface area contributed by atoms with Gasteiger partial charge in [-0.3, -0.25) is 4.79 Å². The van der Waals surface area contributed by atoms with E-state index >= 15 is 0 Å². The van der Waals surface area contributed by atoms with Gasteiger partial charge in [0, 0.05) is 5.56 Å². The van der Waals surface area contributed by atoms with Gasteiger partial charge in [0.1, 0.15) is 17.4 Å². The lowest BCUT2D eigenvalue weighted by Crippen LogP contribution is -2.02. The number of nitriles is 1. The Balaban J connectivity index is 2.38. The number of hydrogen-bond donors (Lipinski definition) is 1. The molecular formula is C17H13NO2. The Morgan fingerprint density at radius 1 is 1.20 bits per heavy atom. The van der Waals surface area contributed by atoms with Crippen molar-refractivity contribution in [3.63, 3.8) is 0 Å². The van der Waals surface area contributed by atoms with Crippen LogP contribution in [0.25, 0.3) is 6.08 Å². The highest BCUT2D eigenvalue weighted by Gasteiger charge is 2.12. The van der Waals surface area contributed by atoms with E-state index in [0.29, 0.717) is 11.1 Å². The summed E-state index contributed by atoms with van der Waals surface area (Å²) in [5.41, 5.74) is 2.10.